The highest BCUT2D eigenvalue weighted by molar-refractivity contribution is 6.32. The number of aliphatic hydroxyl groups is 1. The molecule has 0 spiro atoms. The summed E-state index contributed by atoms with van der Waals surface area (Å²) in [6, 6.07) is 0.998. The lowest BCUT2D eigenvalue weighted by Crippen LogP contribution is -2.46. The largest absolute Gasteiger partial charge is 0.394 e. The van der Waals surface area contributed by atoms with Crippen LogP contribution in [0.4, 0.5) is 4.39 Å². The van der Waals surface area contributed by atoms with Crippen LogP contribution in [0.5, 0.6) is 0 Å². The molecule has 0 radical (unpaired) electrons. The molecule has 16 heavy (non-hydrogen) atoms. The molecule has 0 aliphatic heterocycles. The molecule has 1 aromatic rings. The maximum absolute atomic E-state index is 12.9. The highest BCUT2D eigenvalue weighted by atomic mass is 35.5. The van der Waals surface area contributed by atoms with Crippen molar-refractivity contribution < 1.29 is 14.3 Å². The van der Waals surface area contributed by atoms with Gasteiger partial charge in [-0.05, 0) is 19.9 Å². The molecule has 88 valence electrons. The fraction of sp³-hybridized carbons (Fsp3) is 0.400. The molecule has 0 bridgehead atoms. The number of pyridine rings is 1. The first-order chi connectivity index (χ1) is 7.35. The van der Waals surface area contributed by atoms with E-state index in [1.165, 1.54) is 0 Å². The summed E-state index contributed by atoms with van der Waals surface area (Å²) in [7, 11) is 0. The van der Waals surface area contributed by atoms with Gasteiger partial charge in [0.15, 0.2) is 0 Å². The van der Waals surface area contributed by atoms with Crippen LogP contribution in [-0.2, 0) is 0 Å². The molecule has 0 aliphatic carbocycles. The number of halogens is 2. The number of carbonyl (C=O) groups excluding carboxylic acids is 1. The van der Waals surface area contributed by atoms with Crippen LogP contribution < -0.4 is 5.32 Å². The average Bonchev–Trinajstić information content (AvgIpc) is 2.21. The number of hydrogen-bond donors (Lipinski definition) is 2. The SMILES string of the molecule is CC(C)(CO)NC(=O)c1cc(F)cnc1Cl. The van der Waals surface area contributed by atoms with E-state index in [9.17, 15) is 9.18 Å². The Kier molecular flexibility index (Phi) is 3.83. The molecule has 0 aliphatic rings. The van der Waals surface area contributed by atoms with Gasteiger partial charge in [-0.15, -0.1) is 0 Å². The van der Waals surface area contributed by atoms with Crippen molar-refractivity contribution in [2.24, 2.45) is 0 Å². The van der Waals surface area contributed by atoms with Crippen LogP contribution in [0.2, 0.25) is 5.15 Å². The van der Waals surface area contributed by atoms with Crippen LogP contribution in [0.25, 0.3) is 0 Å². The quantitative estimate of drug-likeness (QED) is 0.792. The first kappa shape index (κ1) is 12.9. The Morgan fingerprint density at radius 3 is 2.88 bits per heavy atom. The summed E-state index contributed by atoms with van der Waals surface area (Å²) in [5.74, 6) is -1.22. The summed E-state index contributed by atoms with van der Waals surface area (Å²) in [5.41, 5.74) is -0.851. The van der Waals surface area contributed by atoms with Crippen molar-refractivity contribution in [2.75, 3.05) is 6.61 Å². The molecular formula is C10H12ClFN2O2. The fourth-order valence-corrected chi connectivity index (χ4v) is 1.19. The Morgan fingerprint density at radius 2 is 2.31 bits per heavy atom. The zero-order chi connectivity index (χ0) is 12.3. The number of carbonyl (C=O) groups is 1. The first-order valence-corrected chi connectivity index (χ1v) is 4.98. The van der Waals surface area contributed by atoms with E-state index in [-0.39, 0.29) is 17.3 Å². The highest BCUT2D eigenvalue weighted by Gasteiger charge is 2.22. The molecule has 1 amide bonds. The van der Waals surface area contributed by atoms with Gasteiger partial charge in [0, 0.05) is 0 Å². The third kappa shape index (κ3) is 3.15. The average molecular weight is 247 g/mol. The Hall–Kier alpha value is -1.20. The van der Waals surface area contributed by atoms with Crippen LogP contribution in [0.3, 0.4) is 0 Å². The number of rotatable bonds is 3. The van der Waals surface area contributed by atoms with Crippen LogP contribution >= 0.6 is 11.6 Å². The van der Waals surface area contributed by atoms with E-state index in [0.29, 0.717) is 0 Å². The first-order valence-electron chi connectivity index (χ1n) is 4.60. The lowest BCUT2D eigenvalue weighted by Gasteiger charge is -2.23. The standard InChI is InChI=1S/C10H12ClFN2O2/c1-10(2,5-15)14-9(16)7-3-6(12)4-13-8(7)11/h3-4,15H,5H2,1-2H3,(H,14,16). The smallest absolute Gasteiger partial charge is 0.255 e. The van der Waals surface area contributed by atoms with E-state index in [4.69, 9.17) is 16.7 Å². The molecule has 0 saturated carbocycles. The van der Waals surface area contributed by atoms with E-state index in [1.807, 2.05) is 0 Å². The van der Waals surface area contributed by atoms with Gasteiger partial charge in [-0.1, -0.05) is 11.6 Å². The fourth-order valence-electron chi connectivity index (χ4n) is 0.996. The molecule has 0 atom stereocenters. The zero-order valence-electron chi connectivity index (χ0n) is 8.92. The van der Waals surface area contributed by atoms with Crippen LogP contribution in [0.15, 0.2) is 12.3 Å². The summed E-state index contributed by atoms with van der Waals surface area (Å²) in [6.07, 6.45) is 0.927. The predicted molar refractivity (Wildman–Crippen MR) is 57.8 cm³/mol. The van der Waals surface area contributed by atoms with Crippen molar-refractivity contribution in [2.45, 2.75) is 19.4 Å². The topological polar surface area (TPSA) is 62.2 Å². The molecule has 1 aromatic heterocycles. The second-order valence-electron chi connectivity index (χ2n) is 3.99. The Bertz CT molecular complexity index is 410. The predicted octanol–water partition coefficient (Wildman–Crippen LogP) is 1.37. The van der Waals surface area contributed by atoms with Gasteiger partial charge in [-0.2, -0.15) is 0 Å². The minimum atomic E-state index is -0.799. The molecular weight excluding hydrogens is 235 g/mol. The summed E-state index contributed by atoms with van der Waals surface area (Å²) >= 11 is 5.66. The number of nitrogens with one attached hydrogen (secondary N) is 1. The number of aromatic nitrogens is 1. The molecule has 4 nitrogen and oxygen atoms in total. The third-order valence-electron chi connectivity index (χ3n) is 1.90. The molecule has 0 fully saturated rings. The van der Waals surface area contributed by atoms with E-state index in [1.54, 1.807) is 13.8 Å². The van der Waals surface area contributed by atoms with Crippen molar-refractivity contribution in [3.8, 4) is 0 Å². The van der Waals surface area contributed by atoms with E-state index in [2.05, 4.69) is 10.3 Å². The lowest BCUT2D eigenvalue weighted by molar-refractivity contribution is 0.0868. The van der Waals surface area contributed by atoms with Gasteiger partial charge in [0.25, 0.3) is 5.91 Å². The van der Waals surface area contributed by atoms with Crippen LogP contribution in [-0.4, -0.2) is 28.1 Å². The van der Waals surface area contributed by atoms with Gasteiger partial charge >= 0.3 is 0 Å². The second-order valence-corrected chi connectivity index (χ2v) is 4.35. The highest BCUT2D eigenvalue weighted by Crippen LogP contribution is 2.14. The van der Waals surface area contributed by atoms with E-state index < -0.39 is 17.3 Å². The monoisotopic (exact) mass is 246 g/mol. The Balaban J connectivity index is 2.93. The lowest BCUT2D eigenvalue weighted by atomic mass is 10.1. The van der Waals surface area contributed by atoms with E-state index in [0.717, 1.165) is 12.3 Å². The maximum atomic E-state index is 12.9. The molecule has 2 N–H and O–H groups in total. The number of aliphatic hydroxyl groups excluding tert-OH is 1. The van der Waals surface area contributed by atoms with Crippen molar-refractivity contribution in [1.82, 2.24) is 10.3 Å². The van der Waals surface area contributed by atoms with Crippen molar-refractivity contribution in [3.63, 3.8) is 0 Å². The van der Waals surface area contributed by atoms with Gasteiger partial charge in [-0.25, -0.2) is 9.37 Å². The van der Waals surface area contributed by atoms with Crippen molar-refractivity contribution in [1.29, 1.82) is 0 Å². The summed E-state index contributed by atoms with van der Waals surface area (Å²) in [4.78, 5) is 15.2. The number of hydrogen-bond acceptors (Lipinski definition) is 3. The van der Waals surface area contributed by atoms with Crippen molar-refractivity contribution in [3.05, 3.63) is 28.8 Å². The van der Waals surface area contributed by atoms with Gasteiger partial charge in [0.2, 0.25) is 0 Å². The van der Waals surface area contributed by atoms with Gasteiger partial charge in [0.1, 0.15) is 11.0 Å². The summed E-state index contributed by atoms with van der Waals surface area (Å²) in [6.45, 7) is 3.02. The third-order valence-corrected chi connectivity index (χ3v) is 2.20. The van der Waals surface area contributed by atoms with Gasteiger partial charge < -0.3 is 10.4 Å². The number of nitrogens with zero attached hydrogens (tertiary/aromatic N) is 1. The summed E-state index contributed by atoms with van der Waals surface area (Å²) < 4.78 is 12.9. The minimum Gasteiger partial charge on any atom is -0.394 e. The zero-order valence-corrected chi connectivity index (χ0v) is 9.68. The molecule has 1 heterocycles. The molecule has 0 saturated heterocycles. The normalized spacial score (nSPS) is 11.3. The number of amides is 1. The van der Waals surface area contributed by atoms with Gasteiger partial charge in [-0.3, -0.25) is 4.79 Å². The van der Waals surface area contributed by atoms with E-state index >= 15 is 0 Å². The maximum Gasteiger partial charge on any atom is 0.255 e. The second kappa shape index (κ2) is 4.76. The summed E-state index contributed by atoms with van der Waals surface area (Å²) in [5, 5.41) is 11.4. The molecule has 6 heteroatoms. The molecule has 0 aromatic carbocycles. The molecule has 1 rings (SSSR count). The Morgan fingerprint density at radius 1 is 1.69 bits per heavy atom. The molecule has 0 unspecified atom stereocenters. The van der Waals surface area contributed by atoms with Crippen LogP contribution in [0.1, 0.15) is 24.2 Å². The minimum absolute atomic E-state index is 0.0526. The van der Waals surface area contributed by atoms with Crippen molar-refractivity contribution >= 4 is 17.5 Å². The van der Waals surface area contributed by atoms with Gasteiger partial charge in [0.05, 0.1) is 23.9 Å². The van der Waals surface area contributed by atoms with Crippen LogP contribution in [0, 0.1) is 5.82 Å². The Labute approximate surface area is 97.5 Å².